The Morgan fingerprint density at radius 3 is 2.42 bits per heavy atom. The smallest absolute Gasteiger partial charge is 0.158 e. The Balaban J connectivity index is 1.25. The SMILES string of the molecule is Cc1c(-c2[nH]c3ccc(C4CCC(CC5CCS(=O)(=O)CC5)CC4)nc3c2C(C)C)cn2ncnc2c1C. The van der Waals surface area contributed by atoms with Crippen LogP contribution < -0.4 is 0 Å². The minimum Gasteiger partial charge on any atom is -0.353 e. The molecule has 0 aromatic carbocycles. The molecule has 0 spiro atoms. The Morgan fingerprint density at radius 2 is 1.71 bits per heavy atom. The molecule has 1 saturated carbocycles. The van der Waals surface area contributed by atoms with Crippen LogP contribution in [0, 0.1) is 25.7 Å². The summed E-state index contributed by atoms with van der Waals surface area (Å²) in [6.45, 7) is 8.78. The number of hydrogen-bond donors (Lipinski definition) is 1. The van der Waals surface area contributed by atoms with Gasteiger partial charge in [0.25, 0.3) is 0 Å². The highest BCUT2D eigenvalue weighted by atomic mass is 32.2. The van der Waals surface area contributed by atoms with E-state index >= 15 is 0 Å². The van der Waals surface area contributed by atoms with E-state index < -0.39 is 9.84 Å². The maximum Gasteiger partial charge on any atom is 0.158 e. The molecule has 4 aromatic rings. The zero-order chi connectivity index (χ0) is 26.6. The molecule has 7 nitrogen and oxygen atoms in total. The third-order valence-electron chi connectivity index (χ3n) is 9.28. The Kier molecular flexibility index (Phi) is 6.57. The summed E-state index contributed by atoms with van der Waals surface area (Å²) in [6, 6.07) is 4.44. The van der Waals surface area contributed by atoms with E-state index in [2.05, 4.69) is 61.1 Å². The molecule has 8 heteroatoms. The molecular weight excluding hydrogens is 494 g/mol. The summed E-state index contributed by atoms with van der Waals surface area (Å²) >= 11 is 0. The van der Waals surface area contributed by atoms with Crippen molar-refractivity contribution in [2.45, 2.75) is 84.5 Å². The number of H-pyrrole nitrogens is 1. The largest absolute Gasteiger partial charge is 0.353 e. The molecule has 0 atom stereocenters. The first-order chi connectivity index (χ1) is 18.2. The lowest BCUT2D eigenvalue weighted by molar-refractivity contribution is 0.258. The van der Waals surface area contributed by atoms with E-state index in [1.165, 1.54) is 48.9 Å². The number of nitrogens with one attached hydrogen (secondary N) is 1. The van der Waals surface area contributed by atoms with Crippen molar-refractivity contribution in [2.75, 3.05) is 11.5 Å². The van der Waals surface area contributed by atoms with Gasteiger partial charge in [-0.25, -0.2) is 17.9 Å². The summed E-state index contributed by atoms with van der Waals surface area (Å²) < 4.78 is 25.4. The average molecular weight is 534 g/mol. The van der Waals surface area contributed by atoms with Crippen LogP contribution in [0.2, 0.25) is 0 Å². The van der Waals surface area contributed by atoms with E-state index in [0.29, 0.717) is 29.3 Å². The summed E-state index contributed by atoms with van der Waals surface area (Å²) in [6.07, 6.45) is 11.4. The van der Waals surface area contributed by atoms with E-state index in [1.54, 1.807) is 6.33 Å². The van der Waals surface area contributed by atoms with Crippen molar-refractivity contribution < 1.29 is 8.42 Å². The number of hydrogen-bond acceptors (Lipinski definition) is 5. The molecule has 1 aliphatic heterocycles. The fourth-order valence-corrected chi connectivity index (χ4v) is 8.49. The van der Waals surface area contributed by atoms with Crippen LogP contribution in [0.3, 0.4) is 0 Å². The van der Waals surface area contributed by atoms with Crippen molar-refractivity contribution in [3.05, 3.63) is 47.0 Å². The number of rotatable bonds is 5. The average Bonchev–Trinajstić information content (AvgIpc) is 3.52. The van der Waals surface area contributed by atoms with Gasteiger partial charge < -0.3 is 4.98 Å². The standard InChI is InChI=1S/C30H39N5O2S/c1-18(2)27-28(24-16-35-30(31-17-32-35)20(4)19(24)3)34-26-10-9-25(33-29(26)27)23-7-5-21(6-8-23)15-22-11-13-38(36,37)14-12-22/h9-10,16-18,21-23,34H,5-8,11-15H2,1-4H3. The molecular formula is C30H39N5O2S. The molecule has 2 aliphatic rings. The molecule has 6 rings (SSSR count). The molecule has 202 valence electrons. The summed E-state index contributed by atoms with van der Waals surface area (Å²) in [4.78, 5) is 13.4. The summed E-state index contributed by atoms with van der Waals surface area (Å²) in [7, 11) is -2.77. The molecule has 1 N–H and O–H groups in total. The summed E-state index contributed by atoms with van der Waals surface area (Å²) in [5.74, 6) is 2.91. The number of aromatic nitrogens is 5. The van der Waals surface area contributed by atoms with Crippen LogP contribution in [0.15, 0.2) is 24.7 Å². The molecule has 0 radical (unpaired) electrons. The number of fused-ring (bicyclic) bond motifs is 2. The van der Waals surface area contributed by atoms with E-state index in [-0.39, 0.29) is 0 Å². The van der Waals surface area contributed by atoms with Crippen LogP contribution in [0.5, 0.6) is 0 Å². The van der Waals surface area contributed by atoms with Gasteiger partial charge in [-0.2, -0.15) is 5.10 Å². The topological polar surface area (TPSA) is 93.0 Å². The van der Waals surface area contributed by atoms with Crippen LogP contribution in [0.1, 0.15) is 93.0 Å². The molecule has 1 saturated heterocycles. The Hall–Kier alpha value is -2.74. The number of nitrogens with zero attached hydrogens (tertiary/aromatic N) is 4. The molecule has 2 fully saturated rings. The van der Waals surface area contributed by atoms with Crippen LogP contribution in [0.25, 0.3) is 27.9 Å². The molecule has 0 bridgehead atoms. The fourth-order valence-electron chi connectivity index (χ4n) is 6.90. The van der Waals surface area contributed by atoms with Crippen molar-refractivity contribution in [3.8, 4) is 11.3 Å². The second-order valence-electron chi connectivity index (χ2n) is 12.1. The van der Waals surface area contributed by atoms with Crippen LogP contribution in [0.4, 0.5) is 0 Å². The van der Waals surface area contributed by atoms with E-state index in [0.717, 1.165) is 52.3 Å². The highest BCUT2D eigenvalue weighted by molar-refractivity contribution is 7.91. The van der Waals surface area contributed by atoms with Crippen molar-refractivity contribution >= 4 is 26.5 Å². The first kappa shape index (κ1) is 25.5. The number of aryl methyl sites for hydroxylation is 1. The van der Waals surface area contributed by atoms with Gasteiger partial charge in [-0.1, -0.05) is 13.8 Å². The third-order valence-corrected chi connectivity index (χ3v) is 11.0. The zero-order valence-electron chi connectivity index (χ0n) is 23.0. The van der Waals surface area contributed by atoms with Crippen LogP contribution in [-0.4, -0.2) is 44.5 Å². The van der Waals surface area contributed by atoms with Crippen LogP contribution in [-0.2, 0) is 9.84 Å². The number of sulfone groups is 1. The predicted molar refractivity (Wildman–Crippen MR) is 152 cm³/mol. The second-order valence-corrected chi connectivity index (χ2v) is 14.4. The van der Waals surface area contributed by atoms with Gasteiger partial charge in [0.1, 0.15) is 16.2 Å². The van der Waals surface area contributed by atoms with E-state index in [4.69, 9.17) is 4.98 Å². The van der Waals surface area contributed by atoms with Gasteiger partial charge >= 0.3 is 0 Å². The van der Waals surface area contributed by atoms with Gasteiger partial charge in [-0.15, -0.1) is 0 Å². The van der Waals surface area contributed by atoms with E-state index in [1.807, 2.05) is 4.52 Å². The van der Waals surface area contributed by atoms with Crippen molar-refractivity contribution in [1.82, 2.24) is 24.6 Å². The maximum atomic E-state index is 11.8. The molecule has 0 unspecified atom stereocenters. The van der Waals surface area contributed by atoms with E-state index in [9.17, 15) is 8.42 Å². The van der Waals surface area contributed by atoms with Gasteiger partial charge in [-0.05, 0) is 99.8 Å². The fraction of sp³-hybridized carbons (Fsp3) is 0.567. The number of aromatic amines is 1. The quantitative estimate of drug-likeness (QED) is 0.316. The van der Waals surface area contributed by atoms with Gasteiger partial charge in [0, 0.05) is 28.9 Å². The van der Waals surface area contributed by atoms with Gasteiger partial charge in [0.2, 0.25) is 0 Å². The Morgan fingerprint density at radius 1 is 1.00 bits per heavy atom. The maximum absolute atomic E-state index is 11.8. The lowest BCUT2D eigenvalue weighted by atomic mass is 9.76. The lowest BCUT2D eigenvalue weighted by Gasteiger charge is -2.32. The third kappa shape index (κ3) is 4.65. The lowest BCUT2D eigenvalue weighted by Crippen LogP contribution is -2.26. The first-order valence-corrected chi connectivity index (χ1v) is 16.0. The summed E-state index contributed by atoms with van der Waals surface area (Å²) in [5.41, 5.74) is 10.2. The minimum absolute atomic E-state index is 0.322. The monoisotopic (exact) mass is 533 g/mol. The van der Waals surface area contributed by atoms with Crippen molar-refractivity contribution in [3.63, 3.8) is 0 Å². The summed E-state index contributed by atoms with van der Waals surface area (Å²) in [5, 5.41) is 4.41. The Bertz CT molecular complexity index is 1580. The van der Waals surface area contributed by atoms with Gasteiger partial charge in [0.15, 0.2) is 5.65 Å². The Labute approximate surface area is 225 Å². The highest BCUT2D eigenvalue weighted by Crippen LogP contribution is 2.41. The predicted octanol–water partition coefficient (Wildman–Crippen LogP) is 6.50. The first-order valence-electron chi connectivity index (χ1n) is 14.2. The van der Waals surface area contributed by atoms with Gasteiger partial charge in [-0.3, -0.25) is 4.98 Å². The zero-order valence-corrected chi connectivity index (χ0v) is 23.8. The van der Waals surface area contributed by atoms with Crippen molar-refractivity contribution in [1.29, 1.82) is 0 Å². The highest BCUT2D eigenvalue weighted by Gasteiger charge is 2.30. The normalized spacial score (nSPS) is 22.6. The molecule has 4 aromatic heterocycles. The van der Waals surface area contributed by atoms with Crippen molar-refractivity contribution in [2.24, 2.45) is 11.8 Å². The molecule has 0 amide bonds. The van der Waals surface area contributed by atoms with Crippen LogP contribution >= 0.6 is 0 Å². The van der Waals surface area contributed by atoms with Gasteiger partial charge in [0.05, 0.1) is 28.2 Å². The molecule has 1 aliphatic carbocycles. The number of pyridine rings is 2. The second kappa shape index (κ2) is 9.78. The minimum atomic E-state index is -2.77. The molecule has 5 heterocycles. The molecule has 38 heavy (non-hydrogen) atoms.